The minimum absolute atomic E-state index is 0.0901. The summed E-state index contributed by atoms with van der Waals surface area (Å²) in [4.78, 5) is 51.5. The van der Waals surface area contributed by atoms with Gasteiger partial charge in [0, 0.05) is 40.6 Å². The van der Waals surface area contributed by atoms with Gasteiger partial charge in [-0.15, -0.1) is 11.8 Å². The molecule has 3 N–H and O–H groups in total. The van der Waals surface area contributed by atoms with Gasteiger partial charge in [0.2, 0.25) is 11.8 Å². The number of hydrogen-bond donors (Lipinski definition) is 3. The first-order chi connectivity index (χ1) is 19.1. The van der Waals surface area contributed by atoms with Gasteiger partial charge in [0.25, 0.3) is 0 Å². The molecule has 1 heterocycles. The third-order valence-corrected chi connectivity index (χ3v) is 8.42. The highest BCUT2D eigenvalue weighted by Gasteiger charge is 2.30. The molecule has 1 aliphatic rings. The number of aliphatic carboxylic acids is 1. The number of carbonyl (C=O) groups excluding carboxylic acids is 3. The van der Waals surface area contributed by atoms with Gasteiger partial charge in [0.1, 0.15) is 12.6 Å². The third kappa shape index (κ3) is 8.79. The molecule has 2 aromatic rings. The number of carboxylic acid groups (broad SMARTS) is 1. The lowest BCUT2D eigenvalue weighted by Crippen LogP contribution is -2.51. The van der Waals surface area contributed by atoms with Crippen LogP contribution in [0.2, 0.25) is 15.1 Å². The Morgan fingerprint density at radius 3 is 2.45 bits per heavy atom. The first kappa shape index (κ1) is 31.6. The van der Waals surface area contributed by atoms with Gasteiger partial charge < -0.3 is 25.4 Å². The number of alkyl carbamates (subject to hydrolysis) is 1. The van der Waals surface area contributed by atoms with Crippen molar-refractivity contribution >= 4 is 76.5 Å². The number of piperidine rings is 1. The average molecular weight is 629 g/mol. The molecular formula is C27H28Cl3N3O6S. The Hall–Kier alpha value is -2.92. The Bertz CT molecular complexity index is 1280. The molecule has 1 fully saturated rings. The van der Waals surface area contributed by atoms with Crippen LogP contribution < -0.4 is 10.6 Å². The highest BCUT2D eigenvalue weighted by Crippen LogP contribution is 2.35. The maximum absolute atomic E-state index is 12.7. The minimum atomic E-state index is -1.35. The van der Waals surface area contributed by atoms with Crippen LogP contribution in [0.4, 0.5) is 4.79 Å². The van der Waals surface area contributed by atoms with E-state index in [1.165, 1.54) is 17.8 Å². The molecule has 3 amide bonds. The summed E-state index contributed by atoms with van der Waals surface area (Å²) >= 11 is 20.1. The van der Waals surface area contributed by atoms with E-state index in [1.54, 1.807) is 41.3 Å². The normalized spacial score (nSPS) is 14.6. The number of rotatable bonds is 10. The largest absolute Gasteiger partial charge is 0.480 e. The monoisotopic (exact) mass is 627 g/mol. The van der Waals surface area contributed by atoms with E-state index in [0.717, 1.165) is 4.90 Å². The van der Waals surface area contributed by atoms with Crippen molar-refractivity contribution in [3.05, 3.63) is 68.7 Å². The second-order valence-electron chi connectivity index (χ2n) is 8.87. The van der Waals surface area contributed by atoms with Crippen LogP contribution in [0.3, 0.4) is 0 Å². The highest BCUT2D eigenvalue weighted by atomic mass is 35.5. The molecule has 3 rings (SSSR count). The van der Waals surface area contributed by atoms with Crippen LogP contribution in [-0.4, -0.2) is 65.8 Å². The van der Waals surface area contributed by atoms with Crippen LogP contribution in [-0.2, 0) is 25.7 Å². The zero-order chi connectivity index (χ0) is 29.2. The van der Waals surface area contributed by atoms with Crippen molar-refractivity contribution in [1.82, 2.24) is 15.5 Å². The van der Waals surface area contributed by atoms with Crippen molar-refractivity contribution in [2.75, 3.05) is 25.9 Å². The van der Waals surface area contributed by atoms with E-state index in [1.807, 2.05) is 12.3 Å². The van der Waals surface area contributed by atoms with Gasteiger partial charge in [-0.1, -0.05) is 59.1 Å². The predicted octanol–water partition coefficient (Wildman–Crippen LogP) is 5.12. The summed E-state index contributed by atoms with van der Waals surface area (Å²) < 4.78 is 5.07. The summed E-state index contributed by atoms with van der Waals surface area (Å²) in [5, 5.41) is 15.5. The number of carbonyl (C=O) groups is 4. The van der Waals surface area contributed by atoms with E-state index < -0.39 is 29.9 Å². The van der Waals surface area contributed by atoms with Crippen LogP contribution in [0.25, 0.3) is 6.08 Å². The van der Waals surface area contributed by atoms with Gasteiger partial charge in [-0.25, -0.2) is 9.59 Å². The van der Waals surface area contributed by atoms with Gasteiger partial charge in [0.15, 0.2) is 0 Å². The fourth-order valence-corrected chi connectivity index (χ4v) is 5.31. The maximum Gasteiger partial charge on any atom is 0.407 e. The molecule has 0 aliphatic carbocycles. The molecule has 40 heavy (non-hydrogen) atoms. The number of carboxylic acids is 1. The molecule has 1 atom stereocenters. The fourth-order valence-electron chi connectivity index (χ4n) is 3.95. The lowest BCUT2D eigenvalue weighted by molar-refractivity contribution is -0.142. The summed E-state index contributed by atoms with van der Waals surface area (Å²) in [7, 11) is 0. The second kappa shape index (κ2) is 15.2. The topological polar surface area (TPSA) is 125 Å². The molecule has 214 valence electrons. The molecular weight excluding hydrogens is 601 g/mol. The SMILES string of the molecule is CSc1ccc(C=CC(=O)N2CCC(C(=O)NC(CNC(=O)OCc3ccccc3Cl)C(=O)O)CC2)c(Cl)c1Cl. The summed E-state index contributed by atoms with van der Waals surface area (Å²) in [6.07, 6.45) is 4.78. The number of hydrogen-bond acceptors (Lipinski definition) is 6. The molecule has 1 saturated heterocycles. The zero-order valence-electron chi connectivity index (χ0n) is 21.5. The number of nitrogens with zero attached hydrogens (tertiary/aromatic N) is 1. The molecule has 0 radical (unpaired) electrons. The van der Waals surface area contributed by atoms with E-state index in [-0.39, 0.29) is 19.1 Å². The van der Waals surface area contributed by atoms with Crippen LogP contribution in [0.15, 0.2) is 47.4 Å². The molecule has 0 spiro atoms. The van der Waals surface area contributed by atoms with Crippen molar-refractivity contribution in [2.24, 2.45) is 5.92 Å². The summed E-state index contributed by atoms with van der Waals surface area (Å²) in [5.74, 6) is -2.48. The summed E-state index contributed by atoms with van der Waals surface area (Å²) in [6, 6.07) is 9.10. The van der Waals surface area contributed by atoms with E-state index in [2.05, 4.69) is 10.6 Å². The van der Waals surface area contributed by atoms with E-state index >= 15 is 0 Å². The van der Waals surface area contributed by atoms with Crippen LogP contribution in [0, 0.1) is 5.92 Å². The Morgan fingerprint density at radius 1 is 1.10 bits per heavy atom. The molecule has 0 bridgehead atoms. The van der Waals surface area contributed by atoms with Crippen molar-refractivity contribution in [3.8, 4) is 0 Å². The van der Waals surface area contributed by atoms with Crippen LogP contribution >= 0.6 is 46.6 Å². The van der Waals surface area contributed by atoms with Gasteiger partial charge in [-0.3, -0.25) is 9.59 Å². The Morgan fingerprint density at radius 2 is 1.80 bits per heavy atom. The average Bonchev–Trinajstić information content (AvgIpc) is 2.95. The molecule has 13 heteroatoms. The van der Waals surface area contributed by atoms with E-state index in [0.29, 0.717) is 52.1 Å². The smallest absolute Gasteiger partial charge is 0.407 e. The number of benzene rings is 2. The summed E-state index contributed by atoms with van der Waals surface area (Å²) in [5.41, 5.74) is 1.22. The van der Waals surface area contributed by atoms with Gasteiger partial charge in [0.05, 0.1) is 16.6 Å². The third-order valence-electron chi connectivity index (χ3n) is 6.26. The number of thioether (sulfide) groups is 1. The lowest BCUT2D eigenvalue weighted by Gasteiger charge is -2.31. The Labute approximate surface area is 251 Å². The molecule has 0 aromatic heterocycles. The molecule has 2 aromatic carbocycles. The Balaban J connectivity index is 1.45. The fraction of sp³-hybridized carbons (Fsp3) is 0.333. The molecule has 1 aliphatic heterocycles. The number of nitrogens with one attached hydrogen (secondary N) is 2. The van der Waals surface area contributed by atoms with E-state index in [9.17, 15) is 24.3 Å². The standard InChI is InChI=1S/C27H28Cl3N3O6S/c1-40-21-8-6-16(23(29)24(21)30)7-9-22(34)33-12-10-17(11-13-33)25(35)32-20(26(36)37)14-31-27(38)39-15-18-4-2-3-5-19(18)28/h2-9,17,20H,10-15H2,1H3,(H,31,38)(H,32,35)(H,36,37). The van der Waals surface area contributed by atoms with Crippen molar-refractivity contribution in [1.29, 1.82) is 0 Å². The van der Waals surface area contributed by atoms with Gasteiger partial charge in [-0.05, 0) is 42.9 Å². The highest BCUT2D eigenvalue weighted by molar-refractivity contribution is 7.98. The molecule has 0 saturated carbocycles. The van der Waals surface area contributed by atoms with Gasteiger partial charge >= 0.3 is 12.1 Å². The zero-order valence-corrected chi connectivity index (χ0v) is 24.6. The quantitative estimate of drug-likeness (QED) is 0.247. The Kier molecular flexibility index (Phi) is 12.0. The number of amides is 3. The van der Waals surface area contributed by atoms with Crippen LogP contribution in [0.5, 0.6) is 0 Å². The second-order valence-corrected chi connectivity index (χ2v) is 10.9. The first-order valence-corrected chi connectivity index (χ1v) is 14.6. The lowest BCUT2D eigenvalue weighted by atomic mass is 9.95. The molecule has 1 unspecified atom stereocenters. The maximum atomic E-state index is 12.7. The molecule has 9 nitrogen and oxygen atoms in total. The predicted molar refractivity (Wildman–Crippen MR) is 156 cm³/mol. The van der Waals surface area contributed by atoms with Crippen LogP contribution in [0.1, 0.15) is 24.0 Å². The van der Waals surface area contributed by atoms with Gasteiger partial charge in [-0.2, -0.15) is 0 Å². The number of likely N-dealkylation sites (tertiary alicyclic amines) is 1. The summed E-state index contributed by atoms with van der Waals surface area (Å²) in [6.45, 7) is 0.194. The minimum Gasteiger partial charge on any atom is -0.480 e. The number of ether oxygens (including phenoxy) is 1. The van der Waals surface area contributed by atoms with Crippen molar-refractivity contribution < 1.29 is 29.0 Å². The van der Waals surface area contributed by atoms with Crippen molar-refractivity contribution in [2.45, 2.75) is 30.4 Å². The van der Waals surface area contributed by atoms with Crippen molar-refractivity contribution in [3.63, 3.8) is 0 Å². The first-order valence-electron chi connectivity index (χ1n) is 12.3. The number of halogens is 3. The van der Waals surface area contributed by atoms with E-state index in [4.69, 9.17) is 39.5 Å².